The van der Waals surface area contributed by atoms with E-state index in [0.29, 0.717) is 11.6 Å². The van der Waals surface area contributed by atoms with Crippen LogP contribution in [0, 0.1) is 13.8 Å². The molecule has 2 rings (SSSR count). The Hall–Kier alpha value is -2.10. The number of anilines is 3. The molecule has 16 heavy (non-hydrogen) atoms. The normalized spacial score (nSPS) is 10.1. The van der Waals surface area contributed by atoms with Crippen molar-refractivity contribution < 1.29 is 0 Å². The zero-order valence-corrected chi connectivity index (χ0v) is 9.36. The van der Waals surface area contributed by atoms with Crippen LogP contribution in [0.25, 0.3) is 0 Å². The fourth-order valence-corrected chi connectivity index (χ4v) is 1.63. The number of aromatic nitrogens is 2. The molecule has 0 saturated carbocycles. The number of nitrogens with two attached hydrogens (primary N) is 1. The number of nitrogens with zero attached hydrogens (tertiary/aromatic N) is 2. The van der Waals surface area contributed by atoms with Crippen LogP contribution in [0.1, 0.15) is 11.1 Å². The minimum atomic E-state index is 0.404. The Morgan fingerprint density at radius 2 is 1.62 bits per heavy atom. The molecule has 4 heteroatoms. The summed E-state index contributed by atoms with van der Waals surface area (Å²) in [5, 5.41) is 3.16. The van der Waals surface area contributed by atoms with E-state index in [1.54, 1.807) is 12.4 Å². The lowest BCUT2D eigenvalue weighted by Crippen LogP contribution is -2.01. The Balaban J connectivity index is 2.30. The summed E-state index contributed by atoms with van der Waals surface area (Å²) < 4.78 is 0. The first-order valence-electron chi connectivity index (χ1n) is 5.07. The molecule has 0 saturated heterocycles. The fourth-order valence-electron chi connectivity index (χ4n) is 1.63. The van der Waals surface area contributed by atoms with Crippen LogP contribution in [0.5, 0.6) is 0 Å². The van der Waals surface area contributed by atoms with Gasteiger partial charge in [0, 0.05) is 18.1 Å². The molecular formula is C12H14N4. The summed E-state index contributed by atoms with van der Waals surface area (Å²) >= 11 is 0. The quantitative estimate of drug-likeness (QED) is 0.805. The molecule has 82 valence electrons. The zero-order chi connectivity index (χ0) is 11.5. The maximum Gasteiger partial charge on any atom is 0.173 e. The van der Waals surface area contributed by atoms with E-state index in [4.69, 9.17) is 5.73 Å². The second-order valence-electron chi connectivity index (χ2n) is 3.79. The van der Waals surface area contributed by atoms with Crippen molar-refractivity contribution in [3.05, 3.63) is 41.7 Å². The molecule has 3 N–H and O–H groups in total. The third-order valence-electron chi connectivity index (χ3n) is 2.21. The zero-order valence-electron chi connectivity index (χ0n) is 9.36. The van der Waals surface area contributed by atoms with Crippen LogP contribution in [-0.2, 0) is 0 Å². The van der Waals surface area contributed by atoms with E-state index in [9.17, 15) is 0 Å². The molecule has 0 bridgehead atoms. The molecule has 0 atom stereocenters. The maximum absolute atomic E-state index is 5.71. The second-order valence-corrected chi connectivity index (χ2v) is 3.79. The largest absolute Gasteiger partial charge is 0.381 e. The van der Waals surface area contributed by atoms with Gasteiger partial charge in [-0.1, -0.05) is 6.07 Å². The van der Waals surface area contributed by atoms with Gasteiger partial charge in [0.05, 0.1) is 0 Å². The molecule has 0 unspecified atom stereocenters. The predicted octanol–water partition coefficient (Wildman–Crippen LogP) is 2.42. The highest BCUT2D eigenvalue weighted by Crippen LogP contribution is 2.20. The highest BCUT2D eigenvalue weighted by molar-refractivity contribution is 5.66. The molecule has 0 aliphatic heterocycles. The standard InChI is InChI=1S/C12H14N4/c1-8-5-9(2)7-10(6-8)16-12-11(13)14-3-4-15-12/h3-7H,1-2H3,(H2,13,14)(H,15,16). The molecule has 1 heterocycles. The van der Waals surface area contributed by atoms with E-state index in [1.165, 1.54) is 11.1 Å². The highest BCUT2D eigenvalue weighted by atomic mass is 15.0. The van der Waals surface area contributed by atoms with E-state index >= 15 is 0 Å². The molecule has 2 aromatic rings. The minimum absolute atomic E-state index is 0.404. The van der Waals surface area contributed by atoms with Crippen LogP contribution in [0.2, 0.25) is 0 Å². The van der Waals surface area contributed by atoms with Crippen LogP contribution in [-0.4, -0.2) is 9.97 Å². The molecule has 0 aliphatic rings. The number of benzene rings is 1. The lowest BCUT2D eigenvalue weighted by atomic mass is 10.1. The van der Waals surface area contributed by atoms with Gasteiger partial charge in [0.1, 0.15) is 0 Å². The van der Waals surface area contributed by atoms with Gasteiger partial charge in [0.15, 0.2) is 11.6 Å². The van der Waals surface area contributed by atoms with Crippen molar-refractivity contribution in [3.63, 3.8) is 0 Å². The van der Waals surface area contributed by atoms with Crippen LogP contribution in [0.4, 0.5) is 17.3 Å². The molecule has 0 fully saturated rings. The van der Waals surface area contributed by atoms with Gasteiger partial charge in [0.2, 0.25) is 0 Å². The summed E-state index contributed by atoms with van der Waals surface area (Å²) in [5.74, 6) is 0.995. The van der Waals surface area contributed by atoms with Crippen molar-refractivity contribution in [1.82, 2.24) is 9.97 Å². The molecule has 0 spiro atoms. The Kier molecular flexibility index (Phi) is 2.72. The fraction of sp³-hybridized carbons (Fsp3) is 0.167. The predicted molar refractivity (Wildman–Crippen MR) is 65.6 cm³/mol. The Morgan fingerprint density at radius 1 is 1.00 bits per heavy atom. The highest BCUT2D eigenvalue weighted by Gasteiger charge is 2.02. The summed E-state index contributed by atoms with van der Waals surface area (Å²) in [6.45, 7) is 4.11. The summed E-state index contributed by atoms with van der Waals surface area (Å²) in [7, 11) is 0. The first-order valence-corrected chi connectivity index (χ1v) is 5.07. The molecule has 0 aliphatic carbocycles. The lowest BCUT2D eigenvalue weighted by molar-refractivity contribution is 1.20. The Morgan fingerprint density at radius 3 is 2.25 bits per heavy atom. The summed E-state index contributed by atoms with van der Waals surface area (Å²) in [5.41, 5.74) is 9.08. The number of nitrogens with one attached hydrogen (secondary N) is 1. The maximum atomic E-state index is 5.71. The van der Waals surface area contributed by atoms with Crippen LogP contribution in [0.15, 0.2) is 30.6 Å². The molecular weight excluding hydrogens is 200 g/mol. The monoisotopic (exact) mass is 214 g/mol. The van der Waals surface area contributed by atoms with E-state index in [0.717, 1.165) is 5.69 Å². The van der Waals surface area contributed by atoms with Gasteiger partial charge in [0.25, 0.3) is 0 Å². The first kappa shape index (κ1) is 10.4. The molecule has 4 nitrogen and oxygen atoms in total. The van der Waals surface area contributed by atoms with Gasteiger partial charge >= 0.3 is 0 Å². The smallest absolute Gasteiger partial charge is 0.173 e. The van der Waals surface area contributed by atoms with E-state index in [2.05, 4.69) is 35.2 Å². The van der Waals surface area contributed by atoms with Gasteiger partial charge in [-0.2, -0.15) is 0 Å². The van der Waals surface area contributed by atoms with Crippen LogP contribution in [0.3, 0.4) is 0 Å². The van der Waals surface area contributed by atoms with E-state index in [1.807, 2.05) is 12.1 Å². The van der Waals surface area contributed by atoms with E-state index in [-0.39, 0.29) is 0 Å². The topological polar surface area (TPSA) is 63.8 Å². The SMILES string of the molecule is Cc1cc(C)cc(Nc2nccnc2N)c1. The van der Waals surface area contributed by atoms with Crippen molar-refractivity contribution in [1.29, 1.82) is 0 Å². The molecule has 0 radical (unpaired) electrons. The third-order valence-corrected chi connectivity index (χ3v) is 2.21. The molecule has 1 aromatic carbocycles. The molecule has 1 aromatic heterocycles. The van der Waals surface area contributed by atoms with Gasteiger partial charge in [-0.3, -0.25) is 0 Å². The Labute approximate surface area is 94.5 Å². The summed E-state index contributed by atoms with van der Waals surface area (Å²) in [6, 6.07) is 6.20. The number of hydrogen-bond donors (Lipinski definition) is 2. The Bertz CT molecular complexity index is 488. The number of hydrogen-bond acceptors (Lipinski definition) is 4. The summed E-state index contributed by atoms with van der Waals surface area (Å²) in [6.07, 6.45) is 3.18. The first-order chi connectivity index (χ1) is 7.65. The number of aryl methyl sites for hydroxylation is 2. The van der Waals surface area contributed by atoms with Crippen molar-refractivity contribution in [2.75, 3.05) is 11.1 Å². The van der Waals surface area contributed by atoms with Crippen molar-refractivity contribution in [3.8, 4) is 0 Å². The average molecular weight is 214 g/mol. The van der Waals surface area contributed by atoms with Crippen molar-refractivity contribution in [2.45, 2.75) is 13.8 Å². The average Bonchev–Trinajstić information content (AvgIpc) is 2.20. The van der Waals surface area contributed by atoms with Crippen molar-refractivity contribution in [2.24, 2.45) is 0 Å². The van der Waals surface area contributed by atoms with Gasteiger partial charge in [-0.05, 0) is 37.1 Å². The second kappa shape index (κ2) is 4.18. The third kappa shape index (κ3) is 2.28. The molecule has 0 amide bonds. The van der Waals surface area contributed by atoms with Crippen molar-refractivity contribution >= 4 is 17.3 Å². The van der Waals surface area contributed by atoms with Gasteiger partial charge < -0.3 is 11.1 Å². The lowest BCUT2D eigenvalue weighted by Gasteiger charge is -2.08. The van der Waals surface area contributed by atoms with Crippen LogP contribution >= 0.6 is 0 Å². The van der Waals surface area contributed by atoms with Crippen LogP contribution < -0.4 is 11.1 Å². The van der Waals surface area contributed by atoms with Gasteiger partial charge in [-0.15, -0.1) is 0 Å². The minimum Gasteiger partial charge on any atom is -0.381 e. The van der Waals surface area contributed by atoms with Gasteiger partial charge in [-0.25, -0.2) is 9.97 Å². The summed E-state index contributed by atoms with van der Waals surface area (Å²) in [4.78, 5) is 8.11. The van der Waals surface area contributed by atoms with E-state index < -0.39 is 0 Å². The number of nitrogen functional groups attached to an aromatic ring is 1. The number of rotatable bonds is 2.